The van der Waals surface area contributed by atoms with Crippen LogP contribution in [0.3, 0.4) is 0 Å². The highest BCUT2D eigenvalue weighted by molar-refractivity contribution is 6.04. The average molecular weight is 279 g/mol. The molecule has 0 saturated heterocycles. The average Bonchev–Trinajstić information content (AvgIpc) is 2.42. The molecule has 0 aliphatic carbocycles. The Morgan fingerprint density at radius 2 is 1.85 bits per heavy atom. The molecule has 0 aliphatic rings. The fraction of sp³-hybridized carbons (Fsp3) is 0.467. The van der Waals surface area contributed by atoms with Crippen molar-refractivity contribution < 1.29 is 19.4 Å². The lowest BCUT2D eigenvalue weighted by Crippen LogP contribution is -2.37. The third-order valence-electron chi connectivity index (χ3n) is 2.83. The van der Waals surface area contributed by atoms with Crippen LogP contribution in [-0.2, 0) is 4.74 Å². The van der Waals surface area contributed by atoms with Crippen molar-refractivity contribution in [2.45, 2.75) is 13.8 Å². The second-order valence-corrected chi connectivity index (χ2v) is 4.99. The largest absolute Gasteiger partial charge is 0.478 e. The molecule has 0 spiro atoms. The summed E-state index contributed by atoms with van der Waals surface area (Å²) in [5.41, 5.74) is 0.250. The number of ether oxygens (including phenoxy) is 1. The van der Waals surface area contributed by atoms with E-state index in [1.54, 1.807) is 30.2 Å². The lowest BCUT2D eigenvalue weighted by atomic mass is 10.1. The predicted molar refractivity (Wildman–Crippen MR) is 76.0 cm³/mol. The number of carbonyl (C=O) groups excluding carboxylic acids is 1. The van der Waals surface area contributed by atoms with E-state index in [0.717, 1.165) is 0 Å². The number of carboxylic acid groups (broad SMARTS) is 1. The minimum Gasteiger partial charge on any atom is -0.478 e. The fourth-order valence-corrected chi connectivity index (χ4v) is 1.94. The maximum Gasteiger partial charge on any atom is 0.336 e. The quantitative estimate of drug-likeness (QED) is 0.830. The molecule has 1 aromatic carbocycles. The first-order valence-corrected chi connectivity index (χ1v) is 6.58. The van der Waals surface area contributed by atoms with Crippen LogP contribution < -0.4 is 0 Å². The van der Waals surface area contributed by atoms with Crippen LogP contribution in [0.1, 0.15) is 34.6 Å². The van der Waals surface area contributed by atoms with E-state index in [4.69, 9.17) is 9.84 Å². The number of nitrogens with zero attached hydrogens (tertiary/aromatic N) is 1. The van der Waals surface area contributed by atoms with E-state index in [1.165, 1.54) is 6.07 Å². The Kier molecular flexibility index (Phi) is 6.18. The monoisotopic (exact) mass is 279 g/mol. The van der Waals surface area contributed by atoms with Crippen molar-refractivity contribution in [1.82, 2.24) is 4.90 Å². The van der Waals surface area contributed by atoms with Gasteiger partial charge in [0, 0.05) is 20.2 Å². The van der Waals surface area contributed by atoms with Crippen molar-refractivity contribution in [3.8, 4) is 0 Å². The first kappa shape index (κ1) is 16.2. The number of hydrogen-bond acceptors (Lipinski definition) is 3. The Balaban J connectivity index is 3.02. The lowest BCUT2D eigenvalue weighted by Gasteiger charge is -2.25. The summed E-state index contributed by atoms with van der Waals surface area (Å²) in [7, 11) is 1.57. The number of hydrogen-bond donors (Lipinski definition) is 1. The van der Waals surface area contributed by atoms with Gasteiger partial charge in [0.05, 0.1) is 17.7 Å². The number of rotatable bonds is 7. The van der Waals surface area contributed by atoms with Gasteiger partial charge in [-0.1, -0.05) is 26.0 Å². The molecule has 0 aromatic heterocycles. The van der Waals surface area contributed by atoms with Crippen LogP contribution in [0.25, 0.3) is 0 Å². The number of carboxylic acids is 1. The van der Waals surface area contributed by atoms with Crippen LogP contribution in [0, 0.1) is 5.92 Å². The minimum atomic E-state index is -1.09. The third kappa shape index (κ3) is 4.35. The zero-order chi connectivity index (χ0) is 15.1. The normalized spacial score (nSPS) is 10.6. The summed E-state index contributed by atoms with van der Waals surface area (Å²) in [4.78, 5) is 25.3. The number of amides is 1. The van der Waals surface area contributed by atoms with E-state index in [9.17, 15) is 9.59 Å². The van der Waals surface area contributed by atoms with Crippen LogP contribution in [0.15, 0.2) is 24.3 Å². The summed E-state index contributed by atoms with van der Waals surface area (Å²) < 4.78 is 5.01. The van der Waals surface area contributed by atoms with E-state index in [1.807, 2.05) is 13.8 Å². The smallest absolute Gasteiger partial charge is 0.336 e. The molecule has 0 radical (unpaired) electrons. The predicted octanol–water partition coefficient (Wildman–Crippen LogP) is 2.13. The van der Waals surface area contributed by atoms with Gasteiger partial charge < -0.3 is 14.7 Å². The van der Waals surface area contributed by atoms with Crippen LogP contribution in [0.2, 0.25) is 0 Å². The topological polar surface area (TPSA) is 66.8 Å². The molecule has 5 nitrogen and oxygen atoms in total. The fourth-order valence-electron chi connectivity index (χ4n) is 1.94. The molecule has 0 unspecified atom stereocenters. The van der Waals surface area contributed by atoms with Gasteiger partial charge in [0.1, 0.15) is 0 Å². The van der Waals surface area contributed by atoms with Gasteiger partial charge in [-0.3, -0.25) is 4.79 Å². The van der Waals surface area contributed by atoms with Crippen molar-refractivity contribution in [3.63, 3.8) is 0 Å². The Labute approximate surface area is 119 Å². The first-order chi connectivity index (χ1) is 9.47. The minimum absolute atomic E-state index is 0.0312. The number of aromatic carboxylic acids is 1. The van der Waals surface area contributed by atoms with E-state index >= 15 is 0 Å². The molecule has 0 saturated carbocycles. The molecular formula is C15H21NO4. The van der Waals surface area contributed by atoms with E-state index in [2.05, 4.69) is 0 Å². The molecule has 0 fully saturated rings. The molecule has 0 heterocycles. The number of carbonyl (C=O) groups is 2. The SMILES string of the molecule is COCCN(CC(C)C)C(=O)c1ccccc1C(=O)O. The van der Waals surface area contributed by atoms with Gasteiger partial charge in [0.2, 0.25) is 0 Å². The lowest BCUT2D eigenvalue weighted by molar-refractivity contribution is 0.0642. The van der Waals surface area contributed by atoms with Crippen molar-refractivity contribution in [1.29, 1.82) is 0 Å². The van der Waals surface area contributed by atoms with Crippen LogP contribution in [0.5, 0.6) is 0 Å². The van der Waals surface area contributed by atoms with Crippen molar-refractivity contribution >= 4 is 11.9 Å². The Hall–Kier alpha value is -1.88. The second kappa shape index (κ2) is 7.65. The highest BCUT2D eigenvalue weighted by Gasteiger charge is 2.21. The van der Waals surface area contributed by atoms with E-state index in [-0.39, 0.29) is 17.0 Å². The standard InChI is InChI=1S/C15H21NO4/c1-11(2)10-16(8-9-20-3)14(17)12-6-4-5-7-13(12)15(18)19/h4-7,11H,8-10H2,1-3H3,(H,18,19). The maximum absolute atomic E-state index is 12.5. The summed E-state index contributed by atoms with van der Waals surface area (Å²) in [5.74, 6) is -1.06. The van der Waals surface area contributed by atoms with E-state index < -0.39 is 5.97 Å². The molecule has 1 N–H and O–H groups in total. The molecule has 1 aromatic rings. The molecule has 0 aliphatic heterocycles. The van der Waals surface area contributed by atoms with Gasteiger partial charge in [-0.05, 0) is 18.1 Å². The number of methoxy groups -OCH3 is 1. The van der Waals surface area contributed by atoms with E-state index in [0.29, 0.717) is 25.6 Å². The molecule has 0 bridgehead atoms. The van der Waals surface area contributed by atoms with Gasteiger partial charge in [0.25, 0.3) is 5.91 Å². The summed E-state index contributed by atoms with van der Waals surface area (Å²) in [6, 6.07) is 6.27. The maximum atomic E-state index is 12.5. The van der Waals surface area contributed by atoms with Crippen LogP contribution >= 0.6 is 0 Å². The summed E-state index contributed by atoms with van der Waals surface area (Å²) in [5, 5.41) is 9.16. The molecule has 20 heavy (non-hydrogen) atoms. The molecule has 1 rings (SSSR count). The Bertz CT molecular complexity index is 471. The van der Waals surface area contributed by atoms with Gasteiger partial charge in [0.15, 0.2) is 0 Å². The first-order valence-electron chi connectivity index (χ1n) is 6.58. The highest BCUT2D eigenvalue weighted by Crippen LogP contribution is 2.13. The van der Waals surface area contributed by atoms with Gasteiger partial charge in [-0.15, -0.1) is 0 Å². The zero-order valence-electron chi connectivity index (χ0n) is 12.1. The Morgan fingerprint density at radius 1 is 1.25 bits per heavy atom. The summed E-state index contributed by atoms with van der Waals surface area (Å²) in [6.07, 6.45) is 0. The molecular weight excluding hydrogens is 258 g/mol. The second-order valence-electron chi connectivity index (χ2n) is 4.99. The zero-order valence-corrected chi connectivity index (χ0v) is 12.1. The molecule has 0 atom stereocenters. The highest BCUT2D eigenvalue weighted by atomic mass is 16.5. The number of benzene rings is 1. The summed E-state index contributed by atoms with van der Waals surface area (Å²) in [6.45, 7) is 5.46. The van der Waals surface area contributed by atoms with Crippen molar-refractivity contribution in [3.05, 3.63) is 35.4 Å². The Morgan fingerprint density at radius 3 is 2.35 bits per heavy atom. The molecule has 110 valence electrons. The molecule has 1 amide bonds. The van der Waals surface area contributed by atoms with Crippen molar-refractivity contribution in [2.75, 3.05) is 26.8 Å². The molecule has 5 heteroatoms. The summed E-state index contributed by atoms with van der Waals surface area (Å²) >= 11 is 0. The third-order valence-corrected chi connectivity index (χ3v) is 2.83. The van der Waals surface area contributed by atoms with Gasteiger partial charge >= 0.3 is 5.97 Å². The van der Waals surface area contributed by atoms with Crippen LogP contribution in [-0.4, -0.2) is 48.7 Å². The van der Waals surface area contributed by atoms with Crippen LogP contribution in [0.4, 0.5) is 0 Å². The van der Waals surface area contributed by atoms with Gasteiger partial charge in [-0.2, -0.15) is 0 Å². The van der Waals surface area contributed by atoms with Crippen molar-refractivity contribution in [2.24, 2.45) is 5.92 Å². The van der Waals surface area contributed by atoms with Gasteiger partial charge in [-0.25, -0.2) is 4.79 Å².